The molecule has 4 N–H and O–H groups in total. The summed E-state index contributed by atoms with van der Waals surface area (Å²) < 4.78 is 1.99. The van der Waals surface area contributed by atoms with Gasteiger partial charge < -0.3 is 16.0 Å². The smallest absolute Gasteiger partial charge is 0.228 e. The maximum atomic E-state index is 10.5. The first-order valence-corrected chi connectivity index (χ1v) is 9.93. The average Bonchev–Trinajstić information content (AvgIpc) is 3.05. The van der Waals surface area contributed by atoms with Crippen molar-refractivity contribution in [3.8, 4) is 0 Å². The van der Waals surface area contributed by atoms with E-state index < -0.39 is 6.29 Å². The highest BCUT2D eigenvalue weighted by atomic mass is 16.5. The van der Waals surface area contributed by atoms with Crippen LogP contribution in [0.15, 0.2) is 35.5 Å². The fraction of sp³-hybridized carbons (Fsp3) is 0.500. The van der Waals surface area contributed by atoms with E-state index in [0.717, 1.165) is 65.8 Å². The molecule has 3 heterocycles. The zero-order valence-corrected chi connectivity index (χ0v) is 16.5. The monoisotopic (exact) mass is 383 g/mol. The van der Waals surface area contributed by atoms with E-state index >= 15 is 0 Å². The summed E-state index contributed by atoms with van der Waals surface area (Å²) in [5.74, 6) is 0.748. The average molecular weight is 384 g/mol. The van der Waals surface area contributed by atoms with Gasteiger partial charge in [-0.25, -0.2) is 15.0 Å². The summed E-state index contributed by atoms with van der Waals surface area (Å²) in [6.45, 7) is 7.70. The molecule has 8 nitrogen and oxygen atoms in total. The number of fused-ring (bicyclic) bond motifs is 1. The number of benzene rings is 1. The van der Waals surface area contributed by atoms with Crippen LogP contribution in [0.2, 0.25) is 0 Å². The van der Waals surface area contributed by atoms with Crippen molar-refractivity contribution in [3.63, 3.8) is 0 Å². The van der Waals surface area contributed by atoms with Crippen molar-refractivity contribution in [3.05, 3.63) is 36.0 Å². The molecule has 1 aromatic heterocycles. The van der Waals surface area contributed by atoms with Gasteiger partial charge in [0, 0.05) is 44.1 Å². The van der Waals surface area contributed by atoms with Gasteiger partial charge in [-0.3, -0.25) is 9.77 Å². The Morgan fingerprint density at radius 2 is 2.04 bits per heavy atom. The molecule has 4 rings (SSSR count). The Morgan fingerprint density at radius 3 is 2.79 bits per heavy atom. The number of likely N-dealkylation sites (tertiary alicyclic amines) is 1. The van der Waals surface area contributed by atoms with E-state index in [1.807, 2.05) is 23.6 Å². The molecule has 0 saturated carbocycles. The molecule has 1 unspecified atom stereocenters. The van der Waals surface area contributed by atoms with Crippen molar-refractivity contribution in [1.82, 2.24) is 19.5 Å². The van der Waals surface area contributed by atoms with Crippen LogP contribution >= 0.6 is 0 Å². The fourth-order valence-electron chi connectivity index (χ4n) is 3.98. The van der Waals surface area contributed by atoms with Crippen LogP contribution < -0.4 is 11.1 Å². The molecule has 2 aliphatic heterocycles. The summed E-state index contributed by atoms with van der Waals surface area (Å²) in [7, 11) is 0. The summed E-state index contributed by atoms with van der Waals surface area (Å²) in [4.78, 5) is 11.9. The van der Waals surface area contributed by atoms with E-state index in [1.54, 1.807) is 12.3 Å². The number of piperidine rings is 1. The van der Waals surface area contributed by atoms with Crippen molar-refractivity contribution >= 4 is 22.7 Å². The standard InChI is InChI=1S/C20H29N7O/c1-14-4-3-5-17-18(14)24-19(23-16-7-10-25(11-8-16)13-9-21)27(17)20-22-15(2)6-12-26(20)28/h3-6,12,16,20,28H,7-11,13,21H2,1-2H3,(H,23,24). The maximum Gasteiger partial charge on any atom is 0.228 e. The summed E-state index contributed by atoms with van der Waals surface area (Å²) in [6, 6.07) is 6.44. The minimum Gasteiger partial charge on any atom is -0.353 e. The Labute approximate surface area is 165 Å². The molecule has 0 amide bonds. The first-order valence-electron chi connectivity index (χ1n) is 9.93. The molecule has 1 fully saturated rings. The number of aromatic nitrogens is 2. The van der Waals surface area contributed by atoms with E-state index in [9.17, 15) is 5.21 Å². The minimum absolute atomic E-state index is 0.334. The lowest BCUT2D eigenvalue weighted by molar-refractivity contribution is -0.101. The second-order valence-electron chi connectivity index (χ2n) is 7.61. The number of anilines is 1. The third-order valence-corrected chi connectivity index (χ3v) is 5.54. The Kier molecular flexibility index (Phi) is 5.34. The summed E-state index contributed by atoms with van der Waals surface area (Å²) in [6.07, 6.45) is 4.94. The number of nitrogens with two attached hydrogens (primary N) is 1. The fourth-order valence-corrected chi connectivity index (χ4v) is 3.98. The number of hydroxylamine groups is 2. The van der Waals surface area contributed by atoms with Gasteiger partial charge in [-0.2, -0.15) is 0 Å². The molecule has 150 valence electrons. The quantitative estimate of drug-likeness (QED) is 0.733. The Bertz CT molecular complexity index is 895. The lowest BCUT2D eigenvalue weighted by Gasteiger charge is -2.33. The van der Waals surface area contributed by atoms with E-state index in [0.29, 0.717) is 12.6 Å². The number of imidazole rings is 1. The molecule has 28 heavy (non-hydrogen) atoms. The molecule has 2 aliphatic rings. The van der Waals surface area contributed by atoms with E-state index in [1.165, 1.54) is 0 Å². The van der Waals surface area contributed by atoms with Gasteiger partial charge in [0.15, 0.2) is 0 Å². The first kappa shape index (κ1) is 18.9. The SMILES string of the molecule is CC1=NC(n2c(NC3CCN(CCN)CC3)nc3c(C)cccc32)N(O)C=C1. The van der Waals surface area contributed by atoms with Gasteiger partial charge in [0.05, 0.1) is 11.0 Å². The molecular weight excluding hydrogens is 354 g/mol. The number of hydrogen-bond donors (Lipinski definition) is 3. The zero-order chi connectivity index (χ0) is 19.7. The van der Waals surface area contributed by atoms with Crippen molar-refractivity contribution < 1.29 is 5.21 Å². The summed E-state index contributed by atoms with van der Waals surface area (Å²) >= 11 is 0. The van der Waals surface area contributed by atoms with Crippen LogP contribution in [0.25, 0.3) is 11.0 Å². The van der Waals surface area contributed by atoms with Crippen LogP contribution in [0.1, 0.15) is 31.6 Å². The largest absolute Gasteiger partial charge is 0.353 e. The predicted octanol–water partition coefficient (Wildman–Crippen LogP) is 2.32. The van der Waals surface area contributed by atoms with E-state index in [-0.39, 0.29) is 0 Å². The van der Waals surface area contributed by atoms with Crippen molar-refractivity contribution in [2.75, 3.05) is 31.5 Å². The molecule has 1 saturated heterocycles. The third kappa shape index (κ3) is 3.63. The highest BCUT2D eigenvalue weighted by Crippen LogP contribution is 2.31. The van der Waals surface area contributed by atoms with Crippen LogP contribution in [0, 0.1) is 6.92 Å². The molecule has 0 radical (unpaired) electrons. The third-order valence-electron chi connectivity index (χ3n) is 5.54. The highest BCUT2D eigenvalue weighted by molar-refractivity contribution is 5.93. The lowest BCUT2D eigenvalue weighted by Crippen LogP contribution is -2.41. The second-order valence-corrected chi connectivity index (χ2v) is 7.61. The second kappa shape index (κ2) is 7.90. The number of aliphatic imine (C=N–C) groups is 1. The van der Waals surface area contributed by atoms with Gasteiger partial charge in [-0.05, 0) is 44.4 Å². The molecule has 1 atom stereocenters. The number of allylic oxidation sites excluding steroid dienone is 1. The molecule has 8 heteroatoms. The topological polar surface area (TPSA) is 94.9 Å². The predicted molar refractivity (Wildman–Crippen MR) is 112 cm³/mol. The molecule has 2 aromatic rings. The number of aryl methyl sites for hydroxylation is 1. The molecule has 1 aromatic carbocycles. The lowest BCUT2D eigenvalue weighted by atomic mass is 10.1. The minimum atomic E-state index is -0.573. The summed E-state index contributed by atoms with van der Waals surface area (Å²) in [5.41, 5.74) is 9.55. The van der Waals surface area contributed by atoms with Gasteiger partial charge >= 0.3 is 0 Å². The van der Waals surface area contributed by atoms with Gasteiger partial charge in [-0.1, -0.05) is 12.1 Å². The highest BCUT2D eigenvalue weighted by Gasteiger charge is 2.27. The number of nitrogens with zero attached hydrogens (tertiary/aromatic N) is 5. The molecule has 0 bridgehead atoms. The number of hydrogen-bond acceptors (Lipinski definition) is 7. The Hall–Kier alpha value is -2.42. The number of nitrogens with one attached hydrogen (secondary N) is 1. The summed E-state index contributed by atoms with van der Waals surface area (Å²) in [5, 5.41) is 15.2. The van der Waals surface area contributed by atoms with Crippen LogP contribution in [-0.2, 0) is 0 Å². The maximum absolute atomic E-state index is 10.5. The first-order chi connectivity index (χ1) is 13.6. The zero-order valence-electron chi connectivity index (χ0n) is 16.5. The molecule has 0 spiro atoms. The van der Waals surface area contributed by atoms with Crippen LogP contribution in [0.4, 0.5) is 5.95 Å². The van der Waals surface area contributed by atoms with Crippen LogP contribution in [0.5, 0.6) is 0 Å². The number of rotatable bonds is 5. The number of para-hydroxylation sites is 1. The molecular formula is C20H29N7O. The van der Waals surface area contributed by atoms with Crippen molar-refractivity contribution in [2.45, 2.75) is 39.0 Å². The van der Waals surface area contributed by atoms with Crippen molar-refractivity contribution in [2.24, 2.45) is 10.7 Å². The van der Waals surface area contributed by atoms with Gasteiger partial charge in [0.25, 0.3) is 0 Å². The van der Waals surface area contributed by atoms with Crippen LogP contribution in [0.3, 0.4) is 0 Å². The van der Waals surface area contributed by atoms with Gasteiger partial charge in [0.2, 0.25) is 12.2 Å². The molecule has 0 aliphatic carbocycles. The van der Waals surface area contributed by atoms with Gasteiger partial charge in [-0.15, -0.1) is 0 Å². The van der Waals surface area contributed by atoms with E-state index in [2.05, 4.69) is 28.2 Å². The van der Waals surface area contributed by atoms with E-state index in [4.69, 9.17) is 10.7 Å². The van der Waals surface area contributed by atoms with Gasteiger partial charge in [0.1, 0.15) is 0 Å². The van der Waals surface area contributed by atoms with Crippen molar-refractivity contribution in [1.29, 1.82) is 0 Å². The normalized spacial score (nSPS) is 21.4. The van der Waals surface area contributed by atoms with Crippen LogP contribution in [-0.4, -0.2) is 62.7 Å². The Morgan fingerprint density at radius 1 is 1.25 bits per heavy atom. The Balaban J connectivity index is 1.66.